The highest BCUT2D eigenvalue weighted by Gasteiger charge is 2.11. The summed E-state index contributed by atoms with van der Waals surface area (Å²) >= 11 is 0. The Balaban J connectivity index is 1.73. The van der Waals surface area contributed by atoms with Gasteiger partial charge < -0.3 is 10.1 Å². The van der Waals surface area contributed by atoms with Gasteiger partial charge in [0, 0.05) is 18.7 Å². The Morgan fingerprint density at radius 2 is 1.85 bits per heavy atom. The van der Waals surface area contributed by atoms with Crippen LogP contribution in [0.15, 0.2) is 59.7 Å². The van der Waals surface area contributed by atoms with E-state index in [0.717, 1.165) is 5.56 Å². The third kappa shape index (κ3) is 4.17. The number of amides is 1. The summed E-state index contributed by atoms with van der Waals surface area (Å²) in [4.78, 5) is 32.6. The van der Waals surface area contributed by atoms with Crippen LogP contribution in [0.4, 0.5) is 5.69 Å². The molecule has 8 heteroatoms. The third-order valence-corrected chi connectivity index (χ3v) is 3.55. The van der Waals surface area contributed by atoms with Crippen LogP contribution in [0.5, 0.6) is 0 Å². The summed E-state index contributed by atoms with van der Waals surface area (Å²) in [6, 6.07) is 12.2. The van der Waals surface area contributed by atoms with Gasteiger partial charge in [-0.3, -0.25) is 9.59 Å². The number of nitrogens with zero attached hydrogens (tertiary/aromatic N) is 4. The van der Waals surface area contributed by atoms with E-state index in [-0.39, 0.29) is 17.8 Å². The number of carbonyl (C=O) groups excluding carboxylic acids is 1. The second kappa shape index (κ2) is 8.13. The Bertz CT molecular complexity index is 939. The van der Waals surface area contributed by atoms with E-state index in [1.807, 2.05) is 30.3 Å². The van der Waals surface area contributed by atoms with Crippen molar-refractivity contribution >= 4 is 11.6 Å². The molecule has 1 amide bonds. The van der Waals surface area contributed by atoms with Gasteiger partial charge in [-0.15, -0.1) is 0 Å². The number of rotatable bonds is 6. The standard InChI is InChI=1S/C18H17N5O3/c1-26-10-9-23-16(24)8-7-15(22-23)18(25)21-14-11-19-17(20-12-14)13-5-3-2-4-6-13/h2-8,11-12H,9-10H2,1H3,(H,21,25). The lowest BCUT2D eigenvalue weighted by atomic mass is 10.2. The van der Waals surface area contributed by atoms with E-state index >= 15 is 0 Å². The quantitative estimate of drug-likeness (QED) is 0.724. The molecular formula is C18H17N5O3. The Labute approximate surface area is 149 Å². The smallest absolute Gasteiger partial charge is 0.276 e. The van der Waals surface area contributed by atoms with Gasteiger partial charge in [0.1, 0.15) is 5.69 Å². The van der Waals surface area contributed by atoms with Crippen LogP contribution in [-0.2, 0) is 11.3 Å². The summed E-state index contributed by atoms with van der Waals surface area (Å²) in [5.41, 5.74) is 1.14. The van der Waals surface area contributed by atoms with Crippen LogP contribution in [0.3, 0.4) is 0 Å². The van der Waals surface area contributed by atoms with Gasteiger partial charge >= 0.3 is 0 Å². The highest BCUT2D eigenvalue weighted by atomic mass is 16.5. The number of hydrogen-bond donors (Lipinski definition) is 1. The van der Waals surface area contributed by atoms with Crippen LogP contribution in [-0.4, -0.2) is 39.4 Å². The molecule has 2 heterocycles. The second-order valence-corrected chi connectivity index (χ2v) is 5.39. The molecule has 0 saturated heterocycles. The topological polar surface area (TPSA) is 99.0 Å². The zero-order chi connectivity index (χ0) is 18.4. The lowest BCUT2D eigenvalue weighted by molar-refractivity contribution is 0.101. The Morgan fingerprint density at radius 3 is 2.54 bits per heavy atom. The Morgan fingerprint density at radius 1 is 1.12 bits per heavy atom. The molecule has 3 aromatic rings. The molecule has 26 heavy (non-hydrogen) atoms. The Kier molecular flexibility index (Phi) is 5.45. The number of carbonyl (C=O) groups is 1. The van der Waals surface area contributed by atoms with E-state index in [1.165, 1.54) is 36.3 Å². The minimum Gasteiger partial charge on any atom is -0.383 e. The zero-order valence-corrected chi connectivity index (χ0v) is 14.1. The van der Waals surface area contributed by atoms with E-state index in [0.29, 0.717) is 18.1 Å². The van der Waals surface area contributed by atoms with Crippen molar-refractivity contribution < 1.29 is 9.53 Å². The monoisotopic (exact) mass is 351 g/mol. The van der Waals surface area contributed by atoms with E-state index in [4.69, 9.17) is 4.74 Å². The van der Waals surface area contributed by atoms with Crippen molar-refractivity contribution in [2.24, 2.45) is 0 Å². The maximum absolute atomic E-state index is 12.3. The van der Waals surface area contributed by atoms with Crippen molar-refractivity contribution in [2.45, 2.75) is 6.54 Å². The molecule has 0 aliphatic carbocycles. The predicted octanol–water partition coefficient (Wildman–Crippen LogP) is 1.60. The first kappa shape index (κ1) is 17.4. The molecule has 0 aliphatic heterocycles. The maximum atomic E-state index is 12.3. The summed E-state index contributed by atoms with van der Waals surface area (Å²) in [7, 11) is 1.53. The molecule has 1 N–H and O–H groups in total. The van der Waals surface area contributed by atoms with Crippen molar-refractivity contribution in [1.29, 1.82) is 0 Å². The minimum absolute atomic E-state index is 0.118. The second-order valence-electron chi connectivity index (χ2n) is 5.39. The van der Waals surface area contributed by atoms with Crippen LogP contribution >= 0.6 is 0 Å². The number of methoxy groups -OCH3 is 1. The number of aromatic nitrogens is 4. The molecule has 0 atom stereocenters. The highest BCUT2D eigenvalue weighted by molar-refractivity contribution is 6.02. The molecule has 0 aliphatic rings. The molecule has 0 fully saturated rings. The van der Waals surface area contributed by atoms with Gasteiger partial charge in [-0.05, 0) is 6.07 Å². The van der Waals surface area contributed by atoms with Crippen LogP contribution < -0.4 is 10.9 Å². The lowest BCUT2D eigenvalue weighted by Gasteiger charge is -2.07. The first-order chi connectivity index (χ1) is 12.7. The van der Waals surface area contributed by atoms with Gasteiger partial charge in [-0.2, -0.15) is 5.10 Å². The van der Waals surface area contributed by atoms with Crippen molar-refractivity contribution in [3.05, 3.63) is 70.9 Å². The molecule has 3 rings (SSSR count). The van der Waals surface area contributed by atoms with Gasteiger partial charge in [0.25, 0.3) is 11.5 Å². The largest absolute Gasteiger partial charge is 0.383 e. The first-order valence-corrected chi connectivity index (χ1v) is 7.93. The van der Waals surface area contributed by atoms with E-state index in [2.05, 4.69) is 20.4 Å². The Hall–Kier alpha value is -3.39. The molecule has 8 nitrogen and oxygen atoms in total. The average molecular weight is 351 g/mol. The summed E-state index contributed by atoms with van der Waals surface area (Å²) in [6.07, 6.45) is 3.04. The number of ether oxygens (including phenoxy) is 1. The molecule has 0 spiro atoms. The van der Waals surface area contributed by atoms with Crippen molar-refractivity contribution in [3.8, 4) is 11.4 Å². The minimum atomic E-state index is -0.452. The molecule has 0 saturated carbocycles. The van der Waals surface area contributed by atoms with Crippen LogP contribution in [0.2, 0.25) is 0 Å². The van der Waals surface area contributed by atoms with Gasteiger partial charge in [0.15, 0.2) is 5.82 Å². The lowest BCUT2D eigenvalue weighted by Crippen LogP contribution is -2.27. The highest BCUT2D eigenvalue weighted by Crippen LogP contribution is 2.15. The number of nitrogens with one attached hydrogen (secondary N) is 1. The third-order valence-electron chi connectivity index (χ3n) is 3.55. The molecule has 132 valence electrons. The fourth-order valence-electron chi connectivity index (χ4n) is 2.23. The van der Waals surface area contributed by atoms with E-state index in [9.17, 15) is 9.59 Å². The number of anilines is 1. The average Bonchev–Trinajstić information content (AvgIpc) is 2.68. The summed E-state index contributed by atoms with van der Waals surface area (Å²) in [5.74, 6) is 0.113. The fraction of sp³-hybridized carbons (Fsp3) is 0.167. The van der Waals surface area contributed by atoms with Gasteiger partial charge in [0.05, 0.1) is 31.2 Å². The molecular weight excluding hydrogens is 334 g/mol. The number of hydrogen-bond acceptors (Lipinski definition) is 6. The van der Waals surface area contributed by atoms with Gasteiger partial charge in [-0.1, -0.05) is 30.3 Å². The summed E-state index contributed by atoms with van der Waals surface area (Å²) in [5, 5.41) is 6.71. The van der Waals surface area contributed by atoms with Crippen molar-refractivity contribution in [1.82, 2.24) is 19.7 Å². The maximum Gasteiger partial charge on any atom is 0.276 e. The van der Waals surface area contributed by atoms with Crippen LogP contribution in [0, 0.1) is 0 Å². The van der Waals surface area contributed by atoms with Gasteiger partial charge in [0.2, 0.25) is 0 Å². The molecule has 2 aromatic heterocycles. The molecule has 0 unspecified atom stereocenters. The van der Waals surface area contributed by atoms with E-state index in [1.54, 1.807) is 0 Å². The molecule has 0 bridgehead atoms. The SMILES string of the molecule is COCCn1nc(C(=O)Nc2cnc(-c3ccccc3)nc2)ccc1=O. The summed E-state index contributed by atoms with van der Waals surface area (Å²) in [6.45, 7) is 0.595. The first-order valence-electron chi connectivity index (χ1n) is 7.93. The summed E-state index contributed by atoms with van der Waals surface area (Å²) < 4.78 is 6.12. The van der Waals surface area contributed by atoms with Gasteiger partial charge in [-0.25, -0.2) is 14.6 Å². The van der Waals surface area contributed by atoms with Crippen LogP contribution in [0.1, 0.15) is 10.5 Å². The van der Waals surface area contributed by atoms with Crippen molar-refractivity contribution in [3.63, 3.8) is 0 Å². The molecule has 0 radical (unpaired) electrons. The zero-order valence-electron chi connectivity index (χ0n) is 14.1. The number of benzene rings is 1. The normalized spacial score (nSPS) is 10.5. The predicted molar refractivity (Wildman–Crippen MR) is 95.8 cm³/mol. The molecule has 1 aromatic carbocycles. The van der Waals surface area contributed by atoms with E-state index < -0.39 is 5.91 Å². The van der Waals surface area contributed by atoms with Crippen LogP contribution in [0.25, 0.3) is 11.4 Å². The van der Waals surface area contributed by atoms with Crippen molar-refractivity contribution in [2.75, 3.05) is 19.0 Å². The fourth-order valence-corrected chi connectivity index (χ4v) is 2.23.